The highest BCUT2D eigenvalue weighted by Gasteiger charge is 2.02. The van der Waals surface area contributed by atoms with Crippen molar-refractivity contribution in [3.8, 4) is 0 Å². The van der Waals surface area contributed by atoms with Crippen molar-refractivity contribution in [1.82, 2.24) is 10.3 Å². The lowest BCUT2D eigenvalue weighted by Gasteiger charge is -2.19. The Morgan fingerprint density at radius 3 is 3.06 bits per heavy atom. The molecule has 0 radical (unpaired) electrons. The van der Waals surface area contributed by atoms with E-state index in [1.54, 1.807) is 0 Å². The highest BCUT2D eigenvalue weighted by molar-refractivity contribution is 5.45. The maximum Gasteiger partial charge on any atom is 0.0562 e. The number of unbranched alkanes of at least 4 members (excludes halogenated alkanes) is 1. The zero-order valence-electron chi connectivity index (χ0n) is 11.7. The second-order valence-electron chi connectivity index (χ2n) is 4.53. The van der Waals surface area contributed by atoms with E-state index in [9.17, 15) is 0 Å². The summed E-state index contributed by atoms with van der Waals surface area (Å²) in [4.78, 5) is 6.66. The molecule has 1 aromatic rings. The van der Waals surface area contributed by atoms with Crippen LogP contribution in [0.15, 0.2) is 31.0 Å². The predicted molar refractivity (Wildman–Crippen MR) is 78.9 cm³/mol. The molecule has 0 aromatic carbocycles. The molecule has 0 aliphatic rings. The van der Waals surface area contributed by atoms with Gasteiger partial charge in [0.15, 0.2) is 0 Å². The summed E-state index contributed by atoms with van der Waals surface area (Å²) in [6, 6.07) is 4.23. The van der Waals surface area contributed by atoms with Gasteiger partial charge in [0.2, 0.25) is 0 Å². The van der Waals surface area contributed by atoms with Crippen molar-refractivity contribution in [2.75, 3.05) is 25.0 Å². The van der Waals surface area contributed by atoms with Crippen LogP contribution in [0.4, 0.5) is 5.69 Å². The summed E-state index contributed by atoms with van der Waals surface area (Å²) in [6.07, 6.45) is 7.23. The number of hydrogen-bond acceptors (Lipinski definition) is 3. The second kappa shape index (κ2) is 8.70. The number of nitrogens with zero attached hydrogens (tertiary/aromatic N) is 2. The number of aromatic nitrogens is 1. The van der Waals surface area contributed by atoms with Crippen LogP contribution in [0, 0.1) is 0 Å². The fourth-order valence-corrected chi connectivity index (χ4v) is 1.79. The summed E-state index contributed by atoms with van der Waals surface area (Å²) in [6.45, 7) is 8.87. The van der Waals surface area contributed by atoms with Crippen LogP contribution < -0.4 is 10.2 Å². The van der Waals surface area contributed by atoms with E-state index >= 15 is 0 Å². The molecule has 3 nitrogen and oxygen atoms in total. The van der Waals surface area contributed by atoms with Gasteiger partial charge in [-0.3, -0.25) is 4.98 Å². The van der Waals surface area contributed by atoms with Crippen LogP contribution >= 0.6 is 0 Å². The molecular formula is C15H25N3. The number of hydrogen-bond donors (Lipinski definition) is 1. The standard InChI is InChI=1S/C15H25N3/c1-4-6-7-11-18(3)15-8-10-17-14(12-15)13-16-9-5-2/h4,8,10,12,16H,1,5-7,9,11,13H2,2-3H3. The molecule has 0 unspecified atom stereocenters. The number of pyridine rings is 1. The fourth-order valence-electron chi connectivity index (χ4n) is 1.79. The van der Waals surface area contributed by atoms with Gasteiger partial charge >= 0.3 is 0 Å². The van der Waals surface area contributed by atoms with Gasteiger partial charge in [0, 0.05) is 32.0 Å². The minimum Gasteiger partial charge on any atom is -0.374 e. The lowest BCUT2D eigenvalue weighted by Crippen LogP contribution is -2.19. The van der Waals surface area contributed by atoms with Crippen LogP contribution in [0.2, 0.25) is 0 Å². The first kappa shape index (κ1) is 14.7. The highest BCUT2D eigenvalue weighted by atomic mass is 15.1. The molecule has 0 saturated carbocycles. The van der Waals surface area contributed by atoms with E-state index in [1.165, 1.54) is 5.69 Å². The van der Waals surface area contributed by atoms with Gasteiger partial charge in [-0.05, 0) is 37.9 Å². The van der Waals surface area contributed by atoms with Gasteiger partial charge in [0.25, 0.3) is 0 Å². The van der Waals surface area contributed by atoms with Crippen LogP contribution in [-0.2, 0) is 6.54 Å². The van der Waals surface area contributed by atoms with Gasteiger partial charge in [-0.25, -0.2) is 0 Å². The molecule has 1 rings (SSSR count). The fraction of sp³-hybridized carbons (Fsp3) is 0.533. The Morgan fingerprint density at radius 1 is 1.50 bits per heavy atom. The predicted octanol–water partition coefficient (Wildman–Crippen LogP) is 2.98. The van der Waals surface area contributed by atoms with Gasteiger partial charge in [-0.15, -0.1) is 6.58 Å². The van der Waals surface area contributed by atoms with Crippen LogP contribution in [0.5, 0.6) is 0 Å². The summed E-state index contributed by atoms with van der Waals surface area (Å²) in [5.41, 5.74) is 2.35. The smallest absolute Gasteiger partial charge is 0.0562 e. The quantitative estimate of drug-likeness (QED) is 0.537. The molecule has 1 N–H and O–H groups in total. The maximum atomic E-state index is 4.38. The molecule has 0 bridgehead atoms. The van der Waals surface area contributed by atoms with E-state index in [-0.39, 0.29) is 0 Å². The number of allylic oxidation sites excluding steroid dienone is 1. The first-order valence-corrected chi connectivity index (χ1v) is 6.75. The molecule has 0 atom stereocenters. The molecule has 3 heteroatoms. The Kier molecular flexibility index (Phi) is 7.11. The van der Waals surface area contributed by atoms with E-state index in [0.29, 0.717) is 0 Å². The maximum absolute atomic E-state index is 4.38. The molecule has 0 amide bonds. The van der Waals surface area contributed by atoms with Crippen LogP contribution in [-0.4, -0.2) is 25.1 Å². The van der Waals surface area contributed by atoms with Crippen molar-refractivity contribution < 1.29 is 0 Å². The third kappa shape index (κ3) is 5.32. The second-order valence-corrected chi connectivity index (χ2v) is 4.53. The monoisotopic (exact) mass is 247 g/mol. The molecule has 1 aromatic heterocycles. The number of nitrogens with one attached hydrogen (secondary N) is 1. The summed E-state index contributed by atoms with van der Waals surface area (Å²) < 4.78 is 0. The molecule has 0 spiro atoms. The van der Waals surface area contributed by atoms with Crippen molar-refractivity contribution >= 4 is 5.69 Å². The average molecular weight is 247 g/mol. The highest BCUT2D eigenvalue weighted by Crippen LogP contribution is 2.13. The molecule has 0 aliphatic carbocycles. The minimum absolute atomic E-state index is 0.849. The lowest BCUT2D eigenvalue weighted by molar-refractivity contribution is 0.664. The third-order valence-electron chi connectivity index (χ3n) is 2.88. The van der Waals surface area contributed by atoms with E-state index in [4.69, 9.17) is 0 Å². The Bertz CT molecular complexity index is 349. The summed E-state index contributed by atoms with van der Waals surface area (Å²) in [7, 11) is 2.13. The van der Waals surface area contributed by atoms with Crippen molar-refractivity contribution in [1.29, 1.82) is 0 Å². The van der Waals surface area contributed by atoms with Gasteiger partial charge in [-0.2, -0.15) is 0 Å². The number of anilines is 1. The summed E-state index contributed by atoms with van der Waals surface area (Å²) in [5, 5.41) is 3.38. The van der Waals surface area contributed by atoms with Crippen molar-refractivity contribution in [3.63, 3.8) is 0 Å². The first-order valence-electron chi connectivity index (χ1n) is 6.75. The normalized spacial score (nSPS) is 10.3. The molecule has 18 heavy (non-hydrogen) atoms. The van der Waals surface area contributed by atoms with Crippen LogP contribution in [0.1, 0.15) is 31.9 Å². The summed E-state index contributed by atoms with van der Waals surface area (Å²) >= 11 is 0. The van der Waals surface area contributed by atoms with Gasteiger partial charge in [0.05, 0.1) is 5.69 Å². The molecule has 0 saturated heterocycles. The zero-order valence-corrected chi connectivity index (χ0v) is 11.7. The van der Waals surface area contributed by atoms with Crippen LogP contribution in [0.25, 0.3) is 0 Å². The van der Waals surface area contributed by atoms with Crippen molar-refractivity contribution in [2.24, 2.45) is 0 Å². The zero-order chi connectivity index (χ0) is 13.2. The number of rotatable bonds is 9. The summed E-state index contributed by atoms with van der Waals surface area (Å²) in [5.74, 6) is 0. The Hall–Kier alpha value is -1.35. The van der Waals surface area contributed by atoms with E-state index in [0.717, 1.165) is 44.6 Å². The topological polar surface area (TPSA) is 28.2 Å². The Labute approximate surface area is 111 Å². The van der Waals surface area contributed by atoms with Gasteiger partial charge < -0.3 is 10.2 Å². The van der Waals surface area contributed by atoms with Crippen molar-refractivity contribution in [3.05, 3.63) is 36.7 Å². The molecule has 0 aliphatic heterocycles. The van der Waals surface area contributed by atoms with E-state index < -0.39 is 0 Å². The Morgan fingerprint density at radius 2 is 2.33 bits per heavy atom. The average Bonchev–Trinajstić information content (AvgIpc) is 2.39. The molecule has 0 fully saturated rings. The Balaban J connectivity index is 2.49. The molecular weight excluding hydrogens is 222 g/mol. The minimum atomic E-state index is 0.849. The largest absolute Gasteiger partial charge is 0.374 e. The lowest BCUT2D eigenvalue weighted by atomic mass is 10.2. The van der Waals surface area contributed by atoms with E-state index in [2.05, 4.69) is 47.9 Å². The van der Waals surface area contributed by atoms with E-state index in [1.807, 2.05) is 12.3 Å². The molecule has 100 valence electrons. The SMILES string of the molecule is C=CCCCN(C)c1ccnc(CNCCC)c1. The van der Waals surface area contributed by atoms with Gasteiger partial charge in [0.1, 0.15) is 0 Å². The third-order valence-corrected chi connectivity index (χ3v) is 2.88. The van der Waals surface area contributed by atoms with Crippen molar-refractivity contribution in [2.45, 2.75) is 32.7 Å². The van der Waals surface area contributed by atoms with Gasteiger partial charge in [-0.1, -0.05) is 13.0 Å². The van der Waals surface area contributed by atoms with Crippen LogP contribution in [0.3, 0.4) is 0 Å². The first-order chi connectivity index (χ1) is 8.77. The molecule has 1 heterocycles.